The van der Waals surface area contributed by atoms with Crippen molar-refractivity contribution in [1.29, 1.82) is 0 Å². The van der Waals surface area contributed by atoms with E-state index in [1.165, 1.54) is 6.07 Å². The molecule has 1 rings (SSSR count). The standard InChI is InChI=1S/C15H22F2N2O3/c1-10(2)5-6-18-15(21)19-8-11(20)9-22-12-3-4-13(16)14(17)7-12/h3-4,7,10-11,20H,5-6,8-9H2,1-2H3,(H2,18,19,21). The highest BCUT2D eigenvalue weighted by atomic mass is 19.2. The molecule has 1 atom stereocenters. The van der Waals surface area contributed by atoms with E-state index in [1.807, 2.05) is 0 Å². The number of urea groups is 1. The van der Waals surface area contributed by atoms with E-state index < -0.39 is 17.7 Å². The third-order valence-corrected chi connectivity index (χ3v) is 2.84. The fourth-order valence-electron chi connectivity index (χ4n) is 1.57. The van der Waals surface area contributed by atoms with Crippen molar-refractivity contribution < 1.29 is 23.4 Å². The zero-order chi connectivity index (χ0) is 16.5. The van der Waals surface area contributed by atoms with E-state index in [4.69, 9.17) is 4.74 Å². The number of hydrogen-bond acceptors (Lipinski definition) is 3. The van der Waals surface area contributed by atoms with Crippen LogP contribution >= 0.6 is 0 Å². The minimum atomic E-state index is -1.02. The average molecular weight is 316 g/mol. The number of ether oxygens (including phenoxy) is 1. The lowest BCUT2D eigenvalue weighted by Gasteiger charge is -2.14. The SMILES string of the molecule is CC(C)CCNC(=O)NCC(O)COc1ccc(F)c(F)c1. The van der Waals surface area contributed by atoms with Crippen LogP contribution in [0.1, 0.15) is 20.3 Å². The summed E-state index contributed by atoms with van der Waals surface area (Å²) in [5.74, 6) is -1.38. The van der Waals surface area contributed by atoms with Crippen LogP contribution in [-0.4, -0.2) is 36.9 Å². The molecule has 1 unspecified atom stereocenters. The second-order valence-electron chi connectivity index (χ2n) is 5.36. The Kier molecular flexibility index (Phi) is 7.59. The van der Waals surface area contributed by atoms with Crippen LogP contribution in [0.15, 0.2) is 18.2 Å². The molecule has 0 aliphatic rings. The summed E-state index contributed by atoms with van der Waals surface area (Å²) >= 11 is 0. The summed E-state index contributed by atoms with van der Waals surface area (Å²) in [6.45, 7) is 4.53. The van der Waals surface area contributed by atoms with Gasteiger partial charge in [0.15, 0.2) is 11.6 Å². The molecule has 0 aromatic heterocycles. The maximum Gasteiger partial charge on any atom is 0.314 e. The van der Waals surface area contributed by atoms with Crippen LogP contribution < -0.4 is 15.4 Å². The fourth-order valence-corrected chi connectivity index (χ4v) is 1.57. The Bertz CT molecular complexity index is 484. The van der Waals surface area contributed by atoms with Crippen LogP contribution in [0.3, 0.4) is 0 Å². The summed E-state index contributed by atoms with van der Waals surface area (Å²) in [5, 5.41) is 14.8. The normalized spacial score (nSPS) is 12.1. The van der Waals surface area contributed by atoms with Crippen molar-refractivity contribution in [1.82, 2.24) is 10.6 Å². The van der Waals surface area contributed by atoms with Gasteiger partial charge in [0.25, 0.3) is 0 Å². The molecule has 3 N–H and O–H groups in total. The Morgan fingerprint density at radius 3 is 2.64 bits per heavy atom. The summed E-state index contributed by atoms with van der Waals surface area (Å²) in [5.41, 5.74) is 0. The van der Waals surface area contributed by atoms with Crippen LogP contribution in [0.2, 0.25) is 0 Å². The molecule has 1 aromatic carbocycles. The van der Waals surface area contributed by atoms with Gasteiger partial charge in [-0.05, 0) is 24.5 Å². The minimum absolute atomic E-state index is 0.00279. The molecule has 0 saturated carbocycles. The molecule has 0 fully saturated rings. The molecular weight excluding hydrogens is 294 g/mol. The van der Waals surface area contributed by atoms with Gasteiger partial charge in [0.2, 0.25) is 0 Å². The molecule has 7 heteroatoms. The Morgan fingerprint density at radius 2 is 2.00 bits per heavy atom. The number of rotatable bonds is 8. The second-order valence-corrected chi connectivity index (χ2v) is 5.36. The van der Waals surface area contributed by atoms with Gasteiger partial charge in [0, 0.05) is 19.2 Å². The highest BCUT2D eigenvalue weighted by Crippen LogP contribution is 2.15. The van der Waals surface area contributed by atoms with E-state index in [1.54, 1.807) is 0 Å². The third-order valence-electron chi connectivity index (χ3n) is 2.84. The molecule has 0 radical (unpaired) electrons. The Hall–Kier alpha value is -1.89. The lowest BCUT2D eigenvalue weighted by Crippen LogP contribution is -2.41. The number of benzene rings is 1. The van der Waals surface area contributed by atoms with Crippen molar-refractivity contribution in [3.05, 3.63) is 29.8 Å². The minimum Gasteiger partial charge on any atom is -0.491 e. The smallest absolute Gasteiger partial charge is 0.314 e. The van der Waals surface area contributed by atoms with Gasteiger partial charge in [0.05, 0.1) is 0 Å². The molecule has 0 saturated heterocycles. The number of carbonyl (C=O) groups excluding carboxylic acids is 1. The Labute approximate surface area is 128 Å². The first-order valence-corrected chi connectivity index (χ1v) is 7.16. The van der Waals surface area contributed by atoms with Crippen molar-refractivity contribution in [3.8, 4) is 5.75 Å². The number of hydrogen-bond donors (Lipinski definition) is 3. The first-order valence-electron chi connectivity index (χ1n) is 7.16. The van der Waals surface area contributed by atoms with Crippen LogP contribution in [0, 0.1) is 17.6 Å². The van der Waals surface area contributed by atoms with Gasteiger partial charge in [0.1, 0.15) is 18.5 Å². The van der Waals surface area contributed by atoms with Crippen LogP contribution in [0.4, 0.5) is 13.6 Å². The van der Waals surface area contributed by atoms with E-state index in [2.05, 4.69) is 24.5 Å². The molecule has 0 heterocycles. The van der Waals surface area contributed by atoms with Gasteiger partial charge in [-0.2, -0.15) is 0 Å². The largest absolute Gasteiger partial charge is 0.491 e. The summed E-state index contributed by atoms with van der Waals surface area (Å²) < 4.78 is 30.8. The zero-order valence-corrected chi connectivity index (χ0v) is 12.7. The van der Waals surface area contributed by atoms with Gasteiger partial charge in [-0.15, -0.1) is 0 Å². The quantitative estimate of drug-likeness (QED) is 0.687. The molecular formula is C15H22F2N2O3. The molecule has 0 bridgehead atoms. The Balaban J connectivity index is 2.21. The van der Waals surface area contributed by atoms with Crippen LogP contribution in [-0.2, 0) is 0 Å². The number of carbonyl (C=O) groups is 1. The summed E-state index contributed by atoms with van der Waals surface area (Å²) in [6, 6.07) is 2.73. The van der Waals surface area contributed by atoms with Gasteiger partial charge in [-0.25, -0.2) is 13.6 Å². The fraction of sp³-hybridized carbons (Fsp3) is 0.533. The van der Waals surface area contributed by atoms with E-state index in [-0.39, 0.29) is 24.9 Å². The van der Waals surface area contributed by atoms with Gasteiger partial charge in [-0.1, -0.05) is 13.8 Å². The predicted octanol–water partition coefficient (Wildman–Crippen LogP) is 2.05. The molecule has 5 nitrogen and oxygen atoms in total. The van der Waals surface area contributed by atoms with Crippen molar-refractivity contribution >= 4 is 6.03 Å². The van der Waals surface area contributed by atoms with Crippen molar-refractivity contribution in [3.63, 3.8) is 0 Å². The van der Waals surface area contributed by atoms with Gasteiger partial charge < -0.3 is 20.5 Å². The van der Waals surface area contributed by atoms with Crippen molar-refractivity contribution in [2.24, 2.45) is 5.92 Å². The van der Waals surface area contributed by atoms with Gasteiger partial charge >= 0.3 is 6.03 Å². The number of aliphatic hydroxyl groups excluding tert-OH is 1. The summed E-state index contributed by atoms with van der Waals surface area (Å²) in [7, 11) is 0. The molecule has 1 aromatic rings. The van der Waals surface area contributed by atoms with E-state index in [0.29, 0.717) is 12.5 Å². The molecule has 22 heavy (non-hydrogen) atoms. The third kappa shape index (κ3) is 7.21. The lowest BCUT2D eigenvalue weighted by atomic mass is 10.1. The van der Waals surface area contributed by atoms with Crippen LogP contribution in [0.25, 0.3) is 0 Å². The topological polar surface area (TPSA) is 70.6 Å². The average Bonchev–Trinajstić information content (AvgIpc) is 2.46. The highest BCUT2D eigenvalue weighted by Gasteiger charge is 2.09. The maximum absolute atomic E-state index is 12.9. The van der Waals surface area contributed by atoms with Crippen LogP contribution in [0.5, 0.6) is 5.75 Å². The van der Waals surface area contributed by atoms with E-state index >= 15 is 0 Å². The second kappa shape index (κ2) is 9.19. The van der Waals surface area contributed by atoms with E-state index in [9.17, 15) is 18.7 Å². The Morgan fingerprint density at radius 1 is 1.27 bits per heavy atom. The van der Waals surface area contributed by atoms with Crippen molar-refractivity contribution in [2.75, 3.05) is 19.7 Å². The maximum atomic E-state index is 12.9. The predicted molar refractivity (Wildman–Crippen MR) is 78.7 cm³/mol. The lowest BCUT2D eigenvalue weighted by molar-refractivity contribution is 0.107. The van der Waals surface area contributed by atoms with Gasteiger partial charge in [-0.3, -0.25) is 0 Å². The molecule has 0 aliphatic carbocycles. The molecule has 124 valence electrons. The monoisotopic (exact) mass is 316 g/mol. The first-order chi connectivity index (χ1) is 10.4. The van der Waals surface area contributed by atoms with Crippen molar-refractivity contribution in [2.45, 2.75) is 26.4 Å². The molecule has 2 amide bonds. The number of aliphatic hydroxyl groups is 1. The molecule has 0 aliphatic heterocycles. The zero-order valence-electron chi connectivity index (χ0n) is 12.7. The first kappa shape index (κ1) is 18.2. The summed E-state index contributed by atoms with van der Waals surface area (Å²) in [4.78, 5) is 11.4. The summed E-state index contributed by atoms with van der Waals surface area (Å²) in [6.07, 6.45) is -0.0844. The number of nitrogens with one attached hydrogen (secondary N) is 2. The highest BCUT2D eigenvalue weighted by molar-refractivity contribution is 5.73. The number of amides is 2. The number of halogens is 2. The molecule has 0 spiro atoms. The van der Waals surface area contributed by atoms with E-state index in [0.717, 1.165) is 18.6 Å².